The third-order valence-corrected chi connectivity index (χ3v) is 4.38. The maximum absolute atomic E-state index is 13.6. The second-order valence-electron chi connectivity index (χ2n) is 4.87. The lowest BCUT2D eigenvalue weighted by Gasteiger charge is -2.10. The van der Waals surface area contributed by atoms with Crippen molar-refractivity contribution in [1.29, 1.82) is 0 Å². The van der Waals surface area contributed by atoms with Gasteiger partial charge in [-0.25, -0.2) is 12.8 Å². The van der Waals surface area contributed by atoms with Crippen LogP contribution in [0.15, 0.2) is 61.2 Å². The van der Waals surface area contributed by atoms with E-state index in [0.717, 1.165) is 0 Å². The zero-order chi connectivity index (χ0) is 16.3. The van der Waals surface area contributed by atoms with E-state index in [4.69, 9.17) is 0 Å². The van der Waals surface area contributed by atoms with Crippen molar-refractivity contribution in [1.82, 2.24) is 14.8 Å². The molecule has 0 aliphatic rings. The number of hydrogen-bond acceptors (Lipinski definition) is 4. The Bertz CT molecular complexity index is 911. The highest BCUT2D eigenvalue weighted by Gasteiger charge is 2.14. The molecule has 0 radical (unpaired) electrons. The Labute approximate surface area is 132 Å². The van der Waals surface area contributed by atoms with E-state index in [2.05, 4.69) is 14.9 Å². The largest absolute Gasteiger partial charge is 0.288 e. The fraction of sp³-hybridized carbons (Fsp3) is 0.0667. The summed E-state index contributed by atoms with van der Waals surface area (Å²) in [6.07, 6.45) is 3.01. The Morgan fingerprint density at radius 3 is 2.52 bits per heavy atom. The lowest BCUT2D eigenvalue weighted by molar-refractivity contribution is 0.591. The van der Waals surface area contributed by atoms with Gasteiger partial charge >= 0.3 is 0 Å². The van der Waals surface area contributed by atoms with E-state index in [9.17, 15) is 12.8 Å². The molecule has 0 aliphatic carbocycles. The Kier molecular flexibility index (Phi) is 4.07. The van der Waals surface area contributed by atoms with Gasteiger partial charge in [-0.1, -0.05) is 24.3 Å². The average molecular weight is 332 g/mol. The molecule has 1 aromatic heterocycles. The number of rotatable bonds is 5. The summed E-state index contributed by atoms with van der Waals surface area (Å²) in [5.74, 6) is -0.979. The van der Waals surface area contributed by atoms with Crippen LogP contribution in [-0.2, 0) is 15.8 Å². The zero-order valence-electron chi connectivity index (χ0n) is 11.9. The second kappa shape index (κ2) is 6.17. The summed E-state index contributed by atoms with van der Waals surface area (Å²) in [6, 6.07) is 12.5. The highest BCUT2D eigenvalue weighted by atomic mass is 32.2. The monoisotopic (exact) mass is 332 g/mol. The summed E-state index contributed by atoms with van der Waals surface area (Å²) in [6.45, 7) is 0. The fourth-order valence-electron chi connectivity index (χ4n) is 2.10. The molecule has 0 saturated heterocycles. The molecule has 2 aromatic carbocycles. The summed E-state index contributed by atoms with van der Waals surface area (Å²) in [7, 11) is -3.73. The van der Waals surface area contributed by atoms with Gasteiger partial charge in [-0.05, 0) is 24.3 Å². The number of nitrogens with one attached hydrogen (secondary N) is 1. The topological polar surface area (TPSA) is 76.9 Å². The smallest absolute Gasteiger partial charge is 0.237 e. The summed E-state index contributed by atoms with van der Waals surface area (Å²) >= 11 is 0. The van der Waals surface area contributed by atoms with Gasteiger partial charge in [0.25, 0.3) is 0 Å². The number of hydrogen-bond donors (Lipinski definition) is 1. The Hall–Kier alpha value is -2.74. The van der Waals surface area contributed by atoms with Crippen LogP contribution in [0.4, 0.5) is 10.1 Å². The Morgan fingerprint density at radius 1 is 1.04 bits per heavy atom. The predicted octanol–water partition coefficient (Wildman–Crippen LogP) is 2.35. The number of nitrogens with zero attached hydrogens (tertiary/aromatic N) is 3. The quantitative estimate of drug-likeness (QED) is 0.778. The maximum Gasteiger partial charge on any atom is 0.237 e. The van der Waals surface area contributed by atoms with Crippen LogP contribution in [0.3, 0.4) is 0 Å². The van der Waals surface area contributed by atoms with Gasteiger partial charge in [-0.2, -0.15) is 0 Å². The molecule has 3 rings (SSSR count). The first-order valence-electron chi connectivity index (χ1n) is 6.72. The van der Waals surface area contributed by atoms with Gasteiger partial charge in [0, 0.05) is 5.56 Å². The molecule has 0 saturated carbocycles. The van der Waals surface area contributed by atoms with Crippen molar-refractivity contribution in [3.8, 4) is 5.69 Å². The number of sulfonamides is 1. The molecule has 8 heteroatoms. The molecular formula is C15H13FN4O2S. The molecule has 0 aliphatic heterocycles. The second-order valence-corrected chi connectivity index (χ2v) is 6.59. The highest BCUT2D eigenvalue weighted by molar-refractivity contribution is 7.91. The molecule has 118 valence electrons. The molecule has 1 heterocycles. The molecule has 3 aromatic rings. The van der Waals surface area contributed by atoms with Gasteiger partial charge in [0.1, 0.15) is 18.5 Å². The molecular weight excluding hydrogens is 319 g/mol. The standard InChI is InChI=1S/C15H13FN4O2S/c16-15-7-2-1-4-12(15)9-23(21,22)19-13-5-3-6-14(8-13)20-10-17-18-11-20/h1-8,10-11,19H,9H2. The first kappa shape index (κ1) is 15.2. The van der Waals surface area contributed by atoms with Crippen LogP contribution in [0, 0.1) is 5.82 Å². The minimum Gasteiger partial charge on any atom is -0.288 e. The molecule has 0 fully saturated rings. The van der Waals surface area contributed by atoms with Gasteiger partial charge < -0.3 is 0 Å². The molecule has 6 nitrogen and oxygen atoms in total. The maximum atomic E-state index is 13.6. The van der Waals surface area contributed by atoms with Crippen LogP contribution in [0.25, 0.3) is 5.69 Å². The zero-order valence-corrected chi connectivity index (χ0v) is 12.7. The fourth-order valence-corrected chi connectivity index (χ4v) is 3.30. The summed E-state index contributed by atoms with van der Waals surface area (Å²) in [5, 5.41) is 7.40. The van der Waals surface area contributed by atoms with Crippen LogP contribution >= 0.6 is 0 Å². The van der Waals surface area contributed by atoms with Crippen molar-refractivity contribution in [2.24, 2.45) is 0 Å². The summed E-state index contributed by atoms with van der Waals surface area (Å²) in [5.41, 5.74) is 1.21. The van der Waals surface area contributed by atoms with E-state index in [-0.39, 0.29) is 5.56 Å². The first-order valence-corrected chi connectivity index (χ1v) is 8.38. The number of anilines is 1. The van der Waals surface area contributed by atoms with E-state index >= 15 is 0 Å². The minimum atomic E-state index is -3.73. The predicted molar refractivity (Wildman–Crippen MR) is 84.0 cm³/mol. The molecule has 0 atom stereocenters. The number of halogens is 1. The van der Waals surface area contributed by atoms with E-state index < -0.39 is 21.6 Å². The van der Waals surface area contributed by atoms with E-state index in [0.29, 0.717) is 11.4 Å². The molecule has 1 N–H and O–H groups in total. The van der Waals surface area contributed by atoms with E-state index in [1.807, 2.05) is 0 Å². The third-order valence-electron chi connectivity index (χ3n) is 3.14. The van der Waals surface area contributed by atoms with Crippen LogP contribution in [0.5, 0.6) is 0 Å². The van der Waals surface area contributed by atoms with E-state index in [1.54, 1.807) is 34.9 Å². The number of aromatic nitrogens is 3. The Morgan fingerprint density at radius 2 is 1.78 bits per heavy atom. The lowest BCUT2D eigenvalue weighted by Crippen LogP contribution is -2.16. The SMILES string of the molecule is O=S(=O)(Cc1ccccc1F)Nc1cccc(-n2cnnc2)c1. The highest BCUT2D eigenvalue weighted by Crippen LogP contribution is 2.18. The van der Waals surface area contributed by atoms with Gasteiger partial charge in [-0.15, -0.1) is 10.2 Å². The summed E-state index contributed by atoms with van der Waals surface area (Å²) < 4.78 is 42.1. The van der Waals surface area contributed by atoms with E-state index in [1.165, 1.54) is 30.9 Å². The number of benzene rings is 2. The van der Waals surface area contributed by atoms with Crippen LogP contribution in [0.2, 0.25) is 0 Å². The third kappa shape index (κ3) is 3.72. The normalized spacial score (nSPS) is 11.3. The van der Waals surface area contributed by atoms with Crippen molar-refractivity contribution >= 4 is 15.7 Å². The Balaban J connectivity index is 1.81. The van der Waals surface area contributed by atoms with Crippen molar-refractivity contribution in [3.05, 3.63) is 72.6 Å². The average Bonchev–Trinajstić information content (AvgIpc) is 3.03. The van der Waals surface area contributed by atoms with Crippen LogP contribution in [-0.4, -0.2) is 23.2 Å². The van der Waals surface area contributed by atoms with Gasteiger partial charge in [0.05, 0.1) is 17.1 Å². The summed E-state index contributed by atoms with van der Waals surface area (Å²) in [4.78, 5) is 0. The lowest BCUT2D eigenvalue weighted by atomic mass is 10.2. The molecule has 0 unspecified atom stereocenters. The van der Waals surface area contributed by atoms with Crippen LogP contribution < -0.4 is 4.72 Å². The van der Waals surface area contributed by atoms with Crippen molar-refractivity contribution in [2.75, 3.05) is 4.72 Å². The first-order chi connectivity index (χ1) is 11.0. The van der Waals surface area contributed by atoms with Gasteiger partial charge in [0.2, 0.25) is 10.0 Å². The van der Waals surface area contributed by atoms with Crippen molar-refractivity contribution < 1.29 is 12.8 Å². The van der Waals surface area contributed by atoms with Gasteiger partial charge in [-0.3, -0.25) is 9.29 Å². The van der Waals surface area contributed by atoms with Crippen molar-refractivity contribution in [2.45, 2.75) is 5.75 Å². The molecule has 0 spiro atoms. The minimum absolute atomic E-state index is 0.120. The van der Waals surface area contributed by atoms with Gasteiger partial charge in [0.15, 0.2) is 0 Å². The van der Waals surface area contributed by atoms with Crippen LogP contribution in [0.1, 0.15) is 5.56 Å². The molecule has 23 heavy (non-hydrogen) atoms. The van der Waals surface area contributed by atoms with Crippen molar-refractivity contribution in [3.63, 3.8) is 0 Å². The molecule has 0 amide bonds. The molecule has 0 bridgehead atoms.